The van der Waals surface area contributed by atoms with E-state index in [-0.39, 0.29) is 31.0 Å². The summed E-state index contributed by atoms with van der Waals surface area (Å²) in [5.41, 5.74) is 0. The molecule has 0 aliphatic carbocycles. The molecule has 9 heteroatoms. The topological polar surface area (TPSA) is 108 Å². The fourth-order valence-electron chi connectivity index (χ4n) is 2.56. The molecule has 0 unspecified atom stereocenters. The van der Waals surface area contributed by atoms with Gasteiger partial charge in [0.2, 0.25) is 0 Å². The third kappa shape index (κ3) is 12.6. The van der Waals surface area contributed by atoms with E-state index in [0.29, 0.717) is 45.6 Å². The van der Waals surface area contributed by atoms with E-state index < -0.39 is 5.97 Å². The van der Waals surface area contributed by atoms with Crippen LogP contribution < -0.4 is 10.6 Å². The lowest BCUT2D eigenvalue weighted by Gasteiger charge is -2.24. The lowest BCUT2D eigenvalue weighted by Crippen LogP contribution is -2.42. The van der Waals surface area contributed by atoms with Gasteiger partial charge in [0, 0.05) is 45.2 Å². The van der Waals surface area contributed by atoms with Gasteiger partial charge in [-0.05, 0) is 39.2 Å². The largest absolute Gasteiger partial charge is 0.461 e. The van der Waals surface area contributed by atoms with Gasteiger partial charge in [0.25, 0.3) is 0 Å². The number of allylic oxidation sites excluding steroid dienone is 1. The molecule has 0 spiro atoms. The number of carbonyl (C=O) groups is 4. The van der Waals surface area contributed by atoms with Crippen molar-refractivity contribution in [3.63, 3.8) is 0 Å². The number of nitrogens with zero attached hydrogens (tertiary/aromatic N) is 2. The third-order valence-electron chi connectivity index (χ3n) is 4.34. The average molecular weight is 425 g/mol. The van der Waals surface area contributed by atoms with Crippen molar-refractivity contribution in [2.75, 3.05) is 45.9 Å². The molecule has 0 saturated heterocycles. The van der Waals surface area contributed by atoms with Gasteiger partial charge in [0.05, 0.1) is 6.54 Å². The van der Waals surface area contributed by atoms with Crippen LogP contribution in [0.4, 0.5) is 9.59 Å². The van der Waals surface area contributed by atoms with E-state index in [0.717, 1.165) is 18.9 Å². The smallest absolute Gasteiger partial charge is 0.330 e. The molecule has 0 aromatic heterocycles. The van der Waals surface area contributed by atoms with Gasteiger partial charge in [0.15, 0.2) is 5.78 Å². The molecule has 0 aliphatic heterocycles. The lowest BCUT2D eigenvalue weighted by atomic mass is 10.2. The maximum atomic E-state index is 12.2. The molecule has 0 aliphatic rings. The number of hydrogen-bond acceptors (Lipinski definition) is 5. The summed E-state index contributed by atoms with van der Waals surface area (Å²) < 4.78 is 4.81. The Labute approximate surface area is 179 Å². The van der Waals surface area contributed by atoms with Gasteiger partial charge < -0.3 is 25.2 Å². The van der Waals surface area contributed by atoms with E-state index in [9.17, 15) is 19.2 Å². The fraction of sp³-hybridized carbons (Fsp3) is 0.619. The third-order valence-corrected chi connectivity index (χ3v) is 4.34. The monoisotopic (exact) mass is 424 g/mol. The molecule has 0 bridgehead atoms. The van der Waals surface area contributed by atoms with E-state index in [2.05, 4.69) is 23.8 Å². The van der Waals surface area contributed by atoms with Gasteiger partial charge in [0.1, 0.15) is 6.61 Å². The molecule has 0 saturated carbocycles. The van der Waals surface area contributed by atoms with Crippen LogP contribution in [0.3, 0.4) is 0 Å². The fourth-order valence-corrected chi connectivity index (χ4v) is 2.56. The van der Waals surface area contributed by atoms with Crippen molar-refractivity contribution >= 4 is 23.8 Å². The standard InChI is InChI=1S/C21H36N4O5/c1-5-18(26)12-11-13-22-20(28)24(7-3)15-9-10-16-25(8-4)21(29)23-14-17-30-19(27)6-2/h5-6H,1-2,7-17H2,3-4H3,(H,22,28)(H,23,29). The molecule has 2 N–H and O–H groups in total. The number of urea groups is 2. The van der Waals surface area contributed by atoms with Crippen LogP contribution in [0.5, 0.6) is 0 Å². The Hall–Kier alpha value is -2.84. The number of rotatable bonds is 16. The number of esters is 1. The number of hydrogen-bond donors (Lipinski definition) is 2. The first-order valence-electron chi connectivity index (χ1n) is 10.4. The molecule has 0 radical (unpaired) electrons. The minimum atomic E-state index is -0.522. The zero-order valence-corrected chi connectivity index (χ0v) is 18.3. The van der Waals surface area contributed by atoms with Gasteiger partial charge >= 0.3 is 18.0 Å². The van der Waals surface area contributed by atoms with E-state index in [4.69, 9.17) is 4.74 Å². The average Bonchev–Trinajstić information content (AvgIpc) is 2.75. The second kappa shape index (κ2) is 17.1. The normalized spacial score (nSPS) is 9.93. The first-order valence-corrected chi connectivity index (χ1v) is 10.4. The molecular formula is C21H36N4O5. The Balaban J connectivity index is 4.09. The van der Waals surface area contributed by atoms with Crippen LogP contribution in [-0.4, -0.2) is 79.5 Å². The first kappa shape index (κ1) is 27.2. The van der Waals surface area contributed by atoms with Crippen molar-refractivity contribution in [1.82, 2.24) is 20.4 Å². The highest BCUT2D eigenvalue weighted by Gasteiger charge is 2.13. The summed E-state index contributed by atoms with van der Waals surface area (Å²) in [7, 11) is 0. The molecule has 0 heterocycles. The number of nitrogens with one attached hydrogen (secondary N) is 2. The summed E-state index contributed by atoms with van der Waals surface area (Å²) >= 11 is 0. The van der Waals surface area contributed by atoms with Crippen LogP contribution in [0.25, 0.3) is 0 Å². The molecule has 4 amide bonds. The molecule has 0 atom stereocenters. The molecule has 0 fully saturated rings. The van der Waals surface area contributed by atoms with Gasteiger partial charge in [-0.3, -0.25) is 4.79 Å². The minimum absolute atomic E-state index is 0.0288. The summed E-state index contributed by atoms with van der Waals surface area (Å²) in [6.45, 7) is 13.6. The quantitative estimate of drug-likeness (QED) is 0.224. The van der Waals surface area contributed by atoms with E-state index in [1.165, 1.54) is 6.08 Å². The molecule has 0 aromatic rings. The van der Waals surface area contributed by atoms with Crippen molar-refractivity contribution in [3.8, 4) is 0 Å². The van der Waals surface area contributed by atoms with Gasteiger partial charge in [-0.2, -0.15) is 0 Å². The number of amides is 4. The maximum Gasteiger partial charge on any atom is 0.330 e. The Bertz CT molecular complexity index is 530. The van der Waals surface area contributed by atoms with Crippen LogP contribution in [0.15, 0.2) is 25.3 Å². The maximum absolute atomic E-state index is 12.2. The molecule has 0 rings (SSSR count). The Morgan fingerprint density at radius 1 is 0.833 bits per heavy atom. The summed E-state index contributed by atoms with van der Waals surface area (Å²) in [5, 5.41) is 5.52. The second-order valence-corrected chi connectivity index (χ2v) is 6.48. The van der Waals surface area contributed by atoms with Crippen molar-refractivity contribution in [2.45, 2.75) is 39.5 Å². The Kier molecular flexibility index (Phi) is 15.4. The number of carbonyl (C=O) groups excluding carboxylic acids is 4. The van der Waals surface area contributed by atoms with Crippen LogP contribution in [0.2, 0.25) is 0 Å². The second-order valence-electron chi connectivity index (χ2n) is 6.48. The van der Waals surface area contributed by atoms with Crippen molar-refractivity contribution in [3.05, 3.63) is 25.3 Å². The highest BCUT2D eigenvalue weighted by atomic mass is 16.5. The predicted molar refractivity (Wildman–Crippen MR) is 116 cm³/mol. The van der Waals surface area contributed by atoms with Gasteiger partial charge in [-0.25, -0.2) is 14.4 Å². The number of unbranched alkanes of at least 4 members (excludes halogenated alkanes) is 1. The van der Waals surface area contributed by atoms with Crippen molar-refractivity contribution < 1.29 is 23.9 Å². The van der Waals surface area contributed by atoms with Crippen LogP contribution in [0, 0.1) is 0 Å². The zero-order chi connectivity index (χ0) is 22.8. The van der Waals surface area contributed by atoms with Crippen LogP contribution in [-0.2, 0) is 14.3 Å². The summed E-state index contributed by atoms with van der Waals surface area (Å²) in [5.74, 6) is -0.551. The van der Waals surface area contributed by atoms with Crippen LogP contribution >= 0.6 is 0 Å². The van der Waals surface area contributed by atoms with Crippen molar-refractivity contribution in [2.24, 2.45) is 0 Å². The molecular weight excluding hydrogens is 388 g/mol. The zero-order valence-electron chi connectivity index (χ0n) is 18.3. The summed E-state index contributed by atoms with van der Waals surface area (Å²) in [4.78, 5) is 49.8. The lowest BCUT2D eigenvalue weighted by molar-refractivity contribution is -0.137. The first-order chi connectivity index (χ1) is 14.4. The summed E-state index contributed by atoms with van der Waals surface area (Å²) in [6, 6.07) is -0.367. The van der Waals surface area contributed by atoms with Gasteiger partial charge in [-0.1, -0.05) is 13.2 Å². The highest BCUT2D eigenvalue weighted by Crippen LogP contribution is 2.00. The molecule has 9 nitrogen and oxygen atoms in total. The van der Waals surface area contributed by atoms with Crippen molar-refractivity contribution in [1.29, 1.82) is 0 Å². The minimum Gasteiger partial charge on any atom is -0.461 e. The van der Waals surface area contributed by atoms with E-state index in [1.54, 1.807) is 9.80 Å². The van der Waals surface area contributed by atoms with Crippen LogP contribution in [0.1, 0.15) is 39.5 Å². The molecule has 0 aromatic carbocycles. The van der Waals surface area contributed by atoms with E-state index >= 15 is 0 Å². The molecule has 30 heavy (non-hydrogen) atoms. The predicted octanol–water partition coefficient (Wildman–Crippen LogP) is 2.09. The number of ether oxygens (including phenoxy) is 1. The number of ketones is 1. The van der Waals surface area contributed by atoms with Gasteiger partial charge in [-0.15, -0.1) is 0 Å². The van der Waals surface area contributed by atoms with E-state index in [1.807, 2.05) is 13.8 Å². The molecule has 170 valence electrons. The summed E-state index contributed by atoms with van der Waals surface area (Å²) in [6.07, 6.45) is 4.84. The highest BCUT2D eigenvalue weighted by molar-refractivity contribution is 5.89. The Morgan fingerprint density at radius 2 is 1.37 bits per heavy atom. The Morgan fingerprint density at radius 3 is 1.83 bits per heavy atom. The SMILES string of the molecule is C=CC(=O)CCCNC(=O)N(CC)CCCCN(CC)C(=O)NCCOC(=O)C=C.